The smallest absolute Gasteiger partial charge is 0.159 e. The molecule has 0 aliphatic rings. The van der Waals surface area contributed by atoms with Crippen LogP contribution in [0.1, 0.15) is 21.6 Å². The molecule has 0 saturated heterocycles. The number of hydrogen-bond acceptors (Lipinski definition) is 5. The molecule has 0 bridgehead atoms. The van der Waals surface area contributed by atoms with Crippen molar-refractivity contribution in [3.05, 3.63) is 39.8 Å². The number of hydrogen-bond donors (Lipinski definition) is 1. The largest absolute Gasteiger partial charge is 0.399 e. The molecule has 0 saturated carbocycles. The summed E-state index contributed by atoms with van der Waals surface area (Å²) in [6, 6.07) is 7.33. The summed E-state index contributed by atoms with van der Waals surface area (Å²) in [5.74, 6) is 4.90. The van der Waals surface area contributed by atoms with Gasteiger partial charge in [-0.3, -0.25) is 0 Å². The Morgan fingerprint density at radius 1 is 1.19 bits per heavy atom. The first-order valence-electron chi connectivity index (χ1n) is 5.88. The molecule has 0 atom stereocenters. The van der Waals surface area contributed by atoms with Gasteiger partial charge in [-0.05, 0) is 30.7 Å². The van der Waals surface area contributed by atoms with Gasteiger partial charge in [-0.15, -0.1) is 34.4 Å². The Bertz CT molecular complexity index is 854. The lowest BCUT2D eigenvalue weighted by Gasteiger charge is -1.99. The number of thiophene rings is 1. The molecule has 2 N–H and O–H groups in total. The fourth-order valence-electron chi connectivity index (χ4n) is 1.72. The summed E-state index contributed by atoms with van der Waals surface area (Å²) < 4.78 is 0. The molecule has 2 rings (SSSR count). The summed E-state index contributed by atoms with van der Waals surface area (Å²) in [7, 11) is 0. The number of anilines is 1. The Labute approximate surface area is 126 Å². The van der Waals surface area contributed by atoms with Crippen LogP contribution in [0.3, 0.4) is 0 Å². The zero-order chi connectivity index (χ0) is 15.4. The number of aryl methyl sites for hydroxylation is 1. The van der Waals surface area contributed by atoms with Gasteiger partial charge in [-0.25, -0.2) is 0 Å². The molecule has 0 aliphatic carbocycles. The minimum atomic E-state index is 0.285. The third kappa shape index (κ3) is 2.77. The van der Waals surface area contributed by atoms with Gasteiger partial charge in [0.25, 0.3) is 0 Å². The van der Waals surface area contributed by atoms with Crippen molar-refractivity contribution in [3.8, 4) is 30.8 Å². The number of rotatable bonds is 2. The monoisotopic (exact) mass is 290 g/mol. The highest BCUT2D eigenvalue weighted by molar-refractivity contribution is 7.16. The van der Waals surface area contributed by atoms with Crippen molar-refractivity contribution < 1.29 is 0 Å². The van der Waals surface area contributed by atoms with E-state index >= 15 is 0 Å². The van der Waals surface area contributed by atoms with Crippen LogP contribution in [0.15, 0.2) is 28.4 Å². The molecule has 1 aromatic heterocycles. The SMILES string of the molecule is C#Cc1sc(N=Nc2ccc(N)cc2C)c(C#N)c1C#C. The minimum absolute atomic E-state index is 0.285. The number of nitrogens with two attached hydrogens (primary N) is 1. The number of nitriles is 1. The summed E-state index contributed by atoms with van der Waals surface area (Å²) in [4.78, 5) is 0.511. The van der Waals surface area contributed by atoms with E-state index in [1.807, 2.05) is 13.0 Å². The molecular weight excluding hydrogens is 280 g/mol. The fraction of sp³-hybridized carbons (Fsp3) is 0.0625. The second-order valence-corrected chi connectivity index (χ2v) is 5.13. The van der Waals surface area contributed by atoms with Gasteiger partial charge in [0.05, 0.1) is 16.1 Å². The maximum atomic E-state index is 9.20. The summed E-state index contributed by atoms with van der Waals surface area (Å²) in [6.07, 6.45) is 10.8. The van der Waals surface area contributed by atoms with Crippen LogP contribution in [0, 0.1) is 42.9 Å². The predicted molar refractivity (Wildman–Crippen MR) is 84.7 cm³/mol. The molecule has 4 nitrogen and oxygen atoms in total. The molecule has 2 aromatic rings. The van der Waals surface area contributed by atoms with E-state index in [-0.39, 0.29) is 5.56 Å². The van der Waals surface area contributed by atoms with E-state index in [0.717, 1.165) is 5.56 Å². The average Bonchev–Trinajstić information content (AvgIpc) is 2.83. The third-order valence-electron chi connectivity index (χ3n) is 2.75. The average molecular weight is 290 g/mol. The van der Waals surface area contributed by atoms with Crippen molar-refractivity contribution >= 4 is 27.7 Å². The molecule has 0 fully saturated rings. The Kier molecular flexibility index (Phi) is 4.05. The van der Waals surface area contributed by atoms with Gasteiger partial charge >= 0.3 is 0 Å². The van der Waals surface area contributed by atoms with E-state index in [2.05, 4.69) is 22.1 Å². The van der Waals surface area contributed by atoms with Crippen molar-refractivity contribution in [1.29, 1.82) is 5.26 Å². The first-order chi connectivity index (χ1) is 10.1. The van der Waals surface area contributed by atoms with Gasteiger partial charge in [0, 0.05) is 5.69 Å². The van der Waals surface area contributed by atoms with Gasteiger partial charge in [0.15, 0.2) is 5.00 Å². The summed E-state index contributed by atoms with van der Waals surface area (Å²) in [6.45, 7) is 1.88. The zero-order valence-electron chi connectivity index (χ0n) is 11.2. The molecule has 0 radical (unpaired) electrons. The van der Waals surface area contributed by atoms with Gasteiger partial charge < -0.3 is 5.73 Å². The second-order valence-electron chi connectivity index (χ2n) is 4.13. The van der Waals surface area contributed by atoms with Gasteiger partial charge in [-0.1, -0.05) is 11.8 Å². The topological polar surface area (TPSA) is 74.5 Å². The van der Waals surface area contributed by atoms with Gasteiger partial charge in [-0.2, -0.15) is 5.26 Å². The van der Waals surface area contributed by atoms with E-state index in [0.29, 0.717) is 26.8 Å². The zero-order valence-corrected chi connectivity index (χ0v) is 12.0. The van der Waals surface area contributed by atoms with E-state index < -0.39 is 0 Å². The second kappa shape index (κ2) is 5.92. The normalized spacial score (nSPS) is 10.0. The molecule has 5 heteroatoms. The molecular formula is C16H10N4S. The highest BCUT2D eigenvalue weighted by atomic mass is 32.1. The lowest BCUT2D eigenvalue weighted by atomic mass is 10.1. The van der Waals surface area contributed by atoms with Crippen molar-refractivity contribution in [2.24, 2.45) is 10.2 Å². The van der Waals surface area contributed by atoms with Crippen LogP contribution in [-0.2, 0) is 0 Å². The lowest BCUT2D eigenvalue weighted by Crippen LogP contribution is -1.84. The van der Waals surface area contributed by atoms with Crippen molar-refractivity contribution in [3.63, 3.8) is 0 Å². The minimum Gasteiger partial charge on any atom is -0.399 e. The van der Waals surface area contributed by atoms with Gasteiger partial charge in [0.1, 0.15) is 11.6 Å². The molecule has 1 heterocycles. The van der Waals surface area contributed by atoms with Crippen LogP contribution >= 0.6 is 11.3 Å². The Morgan fingerprint density at radius 2 is 1.95 bits per heavy atom. The predicted octanol–water partition coefficient (Wildman–Crippen LogP) is 3.89. The first-order valence-corrected chi connectivity index (χ1v) is 6.70. The van der Waals surface area contributed by atoms with Crippen LogP contribution in [0.25, 0.3) is 0 Å². The molecule has 0 aliphatic heterocycles. The van der Waals surface area contributed by atoms with E-state index in [4.69, 9.17) is 18.6 Å². The molecule has 21 heavy (non-hydrogen) atoms. The quantitative estimate of drug-likeness (QED) is 0.517. The van der Waals surface area contributed by atoms with E-state index in [1.165, 1.54) is 11.3 Å². The number of benzene rings is 1. The van der Waals surface area contributed by atoms with Crippen molar-refractivity contribution in [2.75, 3.05) is 5.73 Å². The maximum Gasteiger partial charge on any atom is 0.159 e. The van der Waals surface area contributed by atoms with Crippen LogP contribution < -0.4 is 5.73 Å². The summed E-state index contributed by atoms with van der Waals surface area (Å²) >= 11 is 1.18. The number of nitrogen functional groups attached to an aromatic ring is 1. The van der Waals surface area contributed by atoms with Crippen molar-refractivity contribution in [1.82, 2.24) is 0 Å². The van der Waals surface area contributed by atoms with Crippen LogP contribution in [0.2, 0.25) is 0 Å². The molecule has 1 aromatic carbocycles. The van der Waals surface area contributed by atoms with E-state index in [9.17, 15) is 5.26 Å². The molecule has 100 valence electrons. The number of terminal acetylenes is 2. The molecule has 0 spiro atoms. The highest BCUT2D eigenvalue weighted by Crippen LogP contribution is 2.35. The fourth-order valence-corrected chi connectivity index (χ4v) is 2.57. The third-order valence-corrected chi connectivity index (χ3v) is 3.75. The van der Waals surface area contributed by atoms with Gasteiger partial charge in [0.2, 0.25) is 0 Å². The van der Waals surface area contributed by atoms with Crippen molar-refractivity contribution in [2.45, 2.75) is 6.92 Å². The van der Waals surface area contributed by atoms with Crippen LogP contribution in [0.4, 0.5) is 16.4 Å². The number of azo groups is 1. The van der Waals surface area contributed by atoms with E-state index in [1.54, 1.807) is 18.2 Å². The summed E-state index contributed by atoms with van der Waals surface area (Å²) in [5, 5.41) is 17.9. The van der Waals surface area contributed by atoms with Crippen LogP contribution in [-0.4, -0.2) is 0 Å². The standard InChI is InChI=1S/C16H10N4S/c1-4-12-13(9-17)16(21-15(12)5-2)20-19-14-7-6-11(18)8-10(14)3/h1-2,6-8H,18H2,3H3. The maximum absolute atomic E-state index is 9.20. The lowest BCUT2D eigenvalue weighted by molar-refractivity contribution is 1.22. The first kappa shape index (κ1) is 14.3. The Hall–Kier alpha value is -3.07. The van der Waals surface area contributed by atoms with Crippen LogP contribution in [0.5, 0.6) is 0 Å². The Morgan fingerprint density at radius 3 is 2.52 bits per heavy atom. The Balaban J connectivity index is 2.48. The molecule has 0 amide bonds. The number of nitrogens with zero attached hydrogens (tertiary/aromatic N) is 3. The highest BCUT2D eigenvalue weighted by Gasteiger charge is 2.15. The summed E-state index contributed by atoms with van der Waals surface area (Å²) in [5.41, 5.74) is 8.58. The molecule has 0 unspecified atom stereocenters.